The van der Waals surface area contributed by atoms with Crippen LogP contribution in [0.5, 0.6) is 5.75 Å². The van der Waals surface area contributed by atoms with Gasteiger partial charge in [0.1, 0.15) is 5.75 Å². The third-order valence-corrected chi connectivity index (χ3v) is 8.88. The number of nitrogens with zero attached hydrogens (tertiary/aromatic N) is 2. The van der Waals surface area contributed by atoms with E-state index in [1.807, 2.05) is 6.07 Å². The molecule has 1 aliphatic carbocycles. The minimum Gasteiger partial charge on any atom is -0.497 e. The first kappa shape index (κ1) is 27.1. The van der Waals surface area contributed by atoms with Gasteiger partial charge in [-0.25, -0.2) is 8.42 Å². The molecule has 2 fully saturated rings. The van der Waals surface area contributed by atoms with Crippen molar-refractivity contribution in [1.82, 2.24) is 14.5 Å². The fourth-order valence-corrected chi connectivity index (χ4v) is 6.75. The maximum Gasteiger partial charge on any atom is 0.259 e. The molecule has 2 aromatic rings. The molecule has 3 N–H and O–H groups in total. The molecule has 1 saturated heterocycles. The minimum absolute atomic E-state index is 0.0542. The average molecular weight is 529 g/mol. The van der Waals surface area contributed by atoms with Crippen LogP contribution < -0.4 is 15.8 Å². The largest absolute Gasteiger partial charge is 0.497 e. The summed E-state index contributed by atoms with van der Waals surface area (Å²) in [6, 6.07) is 16.0. The molecule has 1 unspecified atom stereocenters. The monoisotopic (exact) mass is 528 g/mol. The van der Waals surface area contributed by atoms with Crippen molar-refractivity contribution in [3.05, 3.63) is 65.7 Å². The standard InChI is InChI=1S/C27H36N4O5S/c1-36-24-14-8-20(9-15-24)18-25(32)30-16-5-17-31(37(34,35)19-21-6-3-2-4-7-21)27(30)26(33)29-23-12-10-22(28)11-13-23/h2-4,6-9,14-15,22-23,27H,5,10-13,16-19,28H2,1H3,(H,29,33). The molecule has 37 heavy (non-hydrogen) atoms. The molecule has 2 aromatic carbocycles. The van der Waals surface area contributed by atoms with Gasteiger partial charge in [-0.1, -0.05) is 42.5 Å². The zero-order valence-electron chi connectivity index (χ0n) is 21.2. The van der Waals surface area contributed by atoms with Crippen LogP contribution in [0.25, 0.3) is 0 Å². The SMILES string of the molecule is COc1ccc(CC(=O)N2CCCN(S(=O)(=O)Cc3ccccc3)C2C(=O)NC2CCC(N)CC2)cc1. The Morgan fingerprint density at radius 2 is 1.65 bits per heavy atom. The summed E-state index contributed by atoms with van der Waals surface area (Å²) in [4.78, 5) is 28.5. The third-order valence-electron chi connectivity index (χ3n) is 7.08. The van der Waals surface area contributed by atoms with Gasteiger partial charge in [0.05, 0.1) is 19.3 Å². The second kappa shape index (κ2) is 12.1. The highest BCUT2D eigenvalue weighted by Crippen LogP contribution is 2.25. The zero-order chi connectivity index (χ0) is 26.4. The summed E-state index contributed by atoms with van der Waals surface area (Å²) >= 11 is 0. The summed E-state index contributed by atoms with van der Waals surface area (Å²) in [5, 5.41) is 3.03. The molecule has 200 valence electrons. The Morgan fingerprint density at radius 1 is 0.973 bits per heavy atom. The van der Waals surface area contributed by atoms with Crippen molar-refractivity contribution in [2.24, 2.45) is 5.73 Å². The van der Waals surface area contributed by atoms with E-state index in [-0.39, 0.29) is 36.7 Å². The summed E-state index contributed by atoms with van der Waals surface area (Å²) < 4.78 is 33.6. The Morgan fingerprint density at radius 3 is 2.30 bits per heavy atom. The van der Waals surface area contributed by atoms with E-state index in [9.17, 15) is 18.0 Å². The van der Waals surface area contributed by atoms with Gasteiger partial charge < -0.3 is 20.7 Å². The van der Waals surface area contributed by atoms with E-state index in [2.05, 4.69) is 5.32 Å². The smallest absolute Gasteiger partial charge is 0.259 e. The molecular formula is C27H36N4O5S. The number of amides is 2. The second-order valence-corrected chi connectivity index (χ2v) is 11.7. The maximum absolute atomic E-state index is 13.6. The molecule has 1 atom stereocenters. The van der Waals surface area contributed by atoms with Gasteiger partial charge in [-0.2, -0.15) is 4.31 Å². The molecule has 0 radical (unpaired) electrons. The van der Waals surface area contributed by atoms with Crippen molar-refractivity contribution in [1.29, 1.82) is 0 Å². The van der Waals surface area contributed by atoms with E-state index in [0.717, 1.165) is 31.2 Å². The molecule has 0 aromatic heterocycles. The van der Waals surface area contributed by atoms with Gasteiger partial charge in [0.25, 0.3) is 5.91 Å². The number of rotatable bonds is 8. The second-order valence-electron chi connectivity index (χ2n) is 9.81. The Balaban J connectivity index is 1.58. The number of ether oxygens (including phenoxy) is 1. The number of carbonyl (C=O) groups is 2. The van der Waals surface area contributed by atoms with E-state index in [1.165, 1.54) is 9.21 Å². The van der Waals surface area contributed by atoms with Crippen LogP contribution in [0, 0.1) is 0 Å². The van der Waals surface area contributed by atoms with Crippen molar-refractivity contribution in [2.45, 2.75) is 62.5 Å². The predicted molar refractivity (Wildman–Crippen MR) is 141 cm³/mol. The van der Waals surface area contributed by atoms with Gasteiger partial charge in [0, 0.05) is 25.2 Å². The summed E-state index contributed by atoms with van der Waals surface area (Å²) in [5.74, 6) is -0.316. The minimum atomic E-state index is -3.89. The number of carbonyl (C=O) groups excluding carboxylic acids is 2. The highest BCUT2D eigenvalue weighted by atomic mass is 32.2. The molecular weight excluding hydrogens is 492 g/mol. The summed E-state index contributed by atoms with van der Waals surface area (Å²) in [7, 11) is -2.32. The number of hydrogen-bond acceptors (Lipinski definition) is 6. The fraction of sp³-hybridized carbons (Fsp3) is 0.481. The lowest BCUT2D eigenvalue weighted by Gasteiger charge is -2.42. The molecule has 2 aliphatic rings. The van der Waals surface area contributed by atoms with Crippen molar-refractivity contribution in [3.8, 4) is 5.75 Å². The van der Waals surface area contributed by atoms with E-state index >= 15 is 0 Å². The average Bonchev–Trinajstić information content (AvgIpc) is 2.90. The number of methoxy groups -OCH3 is 1. The van der Waals surface area contributed by atoms with Crippen LogP contribution in [0.1, 0.15) is 43.2 Å². The lowest BCUT2D eigenvalue weighted by Crippen LogP contribution is -2.64. The fourth-order valence-electron chi connectivity index (χ4n) is 5.05. The van der Waals surface area contributed by atoms with Gasteiger partial charge in [0.2, 0.25) is 15.9 Å². The van der Waals surface area contributed by atoms with E-state index < -0.39 is 22.1 Å². The summed E-state index contributed by atoms with van der Waals surface area (Å²) in [6.07, 6.45) is 2.33. The Bertz CT molecular complexity index is 1170. The van der Waals surface area contributed by atoms with Gasteiger partial charge in [-0.05, 0) is 55.4 Å². The quantitative estimate of drug-likeness (QED) is 0.541. The van der Waals surface area contributed by atoms with Gasteiger partial charge in [0.15, 0.2) is 6.17 Å². The molecule has 9 nitrogen and oxygen atoms in total. The van der Waals surface area contributed by atoms with E-state index in [1.54, 1.807) is 55.6 Å². The first-order valence-electron chi connectivity index (χ1n) is 12.8. The van der Waals surface area contributed by atoms with Crippen LogP contribution in [-0.4, -0.2) is 67.9 Å². The molecule has 1 aliphatic heterocycles. The van der Waals surface area contributed by atoms with Gasteiger partial charge in [-0.15, -0.1) is 0 Å². The maximum atomic E-state index is 13.6. The van der Waals surface area contributed by atoms with Gasteiger partial charge in [-0.3, -0.25) is 9.59 Å². The Hall–Kier alpha value is -2.95. The molecule has 4 rings (SSSR count). The number of nitrogens with two attached hydrogens (primary N) is 1. The molecule has 2 amide bonds. The summed E-state index contributed by atoms with van der Waals surface area (Å²) in [6.45, 7) is 0.481. The molecule has 10 heteroatoms. The van der Waals surface area contributed by atoms with Crippen LogP contribution in [0.4, 0.5) is 0 Å². The van der Waals surface area contributed by atoms with Crippen LogP contribution in [0.3, 0.4) is 0 Å². The highest BCUT2D eigenvalue weighted by molar-refractivity contribution is 7.88. The first-order valence-corrected chi connectivity index (χ1v) is 14.4. The molecule has 1 saturated carbocycles. The third kappa shape index (κ3) is 6.88. The first-order chi connectivity index (χ1) is 17.8. The molecule has 1 heterocycles. The van der Waals surface area contributed by atoms with Gasteiger partial charge >= 0.3 is 0 Å². The normalized spacial score (nSPS) is 22.9. The van der Waals surface area contributed by atoms with Crippen molar-refractivity contribution >= 4 is 21.8 Å². The topological polar surface area (TPSA) is 122 Å². The summed E-state index contributed by atoms with van der Waals surface area (Å²) in [5.41, 5.74) is 7.40. The predicted octanol–water partition coefficient (Wildman–Crippen LogP) is 2.01. The van der Waals surface area contributed by atoms with Crippen molar-refractivity contribution in [2.75, 3.05) is 20.2 Å². The van der Waals surface area contributed by atoms with Crippen molar-refractivity contribution < 1.29 is 22.7 Å². The molecule has 0 bridgehead atoms. The van der Waals surface area contributed by atoms with E-state index in [4.69, 9.17) is 10.5 Å². The Labute approximate surface area is 219 Å². The molecule has 0 spiro atoms. The number of nitrogens with one attached hydrogen (secondary N) is 1. The zero-order valence-corrected chi connectivity index (χ0v) is 22.0. The number of sulfonamides is 1. The lowest BCUT2D eigenvalue weighted by molar-refractivity contribution is -0.147. The van der Waals surface area contributed by atoms with Crippen molar-refractivity contribution in [3.63, 3.8) is 0 Å². The number of hydrogen-bond donors (Lipinski definition) is 2. The van der Waals surface area contributed by atoms with Crippen LogP contribution >= 0.6 is 0 Å². The van der Waals surface area contributed by atoms with Crippen LogP contribution in [0.15, 0.2) is 54.6 Å². The number of benzene rings is 2. The van der Waals surface area contributed by atoms with Crippen LogP contribution in [0.2, 0.25) is 0 Å². The highest BCUT2D eigenvalue weighted by Gasteiger charge is 2.44. The Kier molecular flexibility index (Phi) is 8.83. The van der Waals surface area contributed by atoms with E-state index in [0.29, 0.717) is 24.3 Å². The lowest BCUT2D eigenvalue weighted by atomic mass is 9.92. The van der Waals surface area contributed by atoms with Crippen LogP contribution in [-0.2, 0) is 31.8 Å².